The molecule has 114 valence electrons. The molecule has 0 bridgehead atoms. The topological polar surface area (TPSA) is 72.0 Å². The van der Waals surface area contributed by atoms with Gasteiger partial charge in [-0.15, -0.1) is 0 Å². The third-order valence-corrected chi connectivity index (χ3v) is 6.36. The molecular formula is C18H24O3. The van der Waals surface area contributed by atoms with Crippen molar-refractivity contribution in [2.24, 2.45) is 11.3 Å². The molecule has 2 saturated carbocycles. The Labute approximate surface area is 125 Å². The van der Waals surface area contributed by atoms with Gasteiger partial charge in [0.05, 0.1) is 11.7 Å². The summed E-state index contributed by atoms with van der Waals surface area (Å²) in [6.07, 6.45) is 7.41. The highest BCUT2D eigenvalue weighted by atomic mass is 16.3. The van der Waals surface area contributed by atoms with Crippen molar-refractivity contribution in [2.45, 2.75) is 50.2 Å². The monoisotopic (exact) mass is 288 g/mol. The van der Waals surface area contributed by atoms with Crippen molar-refractivity contribution in [3.8, 4) is 0 Å². The van der Waals surface area contributed by atoms with E-state index in [4.69, 9.17) is 0 Å². The SMILES string of the molecule is C[C@@]12CC[C@@H]3c4ccccc4C=C[C@@H]3[C@]1(O)CC[C@@H]2O.O. The lowest BCUT2D eigenvalue weighted by Crippen LogP contribution is -2.56. The van der Waals surface area contributed by atoms with Crippen LogP contribution in [-0.4, -0.2) is 27.4 Å². The van der Waals surface area contributed by atoms with E-state index in [2.05, 4.69) is 43.3 Å². The van der Waals surface area contributed by atoms with Gasteiger partial charge in [0.25, 0.3) is 0 Å². The molecule has 0 spiro atoms. The summed E-state index contributed by atoms with van der Waals surface area (Å²) in [5.74, 6) is 0.549. The van der Waals surface area contributed by atoms with Crippen LogP contribution in [0, 0.1) is 11.3 Å². The van der Waals surface area contributed by atoms with Crippen molar-refractivity contribution in [3.63, 3.8) is 0 Å². The van der Waals surface area contributed by atoms with E-state index >= 15 is 0 Å². The van der Waals surface area contributed by atoms with Gasteiger partial charge in [0.15, 0.2) is 0 Å². The highest BCUT2D eigenvalue weighted by Gasteiger charge is 2.63. The molecule has 0 saturated heterocycles. The molecular weight excluding hydrogens is 264 g/mol. The summed E-state index contributed by atoms with van der Waals surface area (Å²) in [5, 5.41) is 21.7. The number of fused-ring (bicyclic) bond motifs is 5. The Morgan fingerprint density at radius 2 is 1.90 bits per heavy atom. The van der Waals surface area contributed by atoms with Gasteiger partial charge < -0.3 is 15.7 Å². The third kappa shape index (κ3) is 1.71. The summed E-state index contributed by atoms with van der Waals surface area (Å²) in [7, 11) is 0. The lowest BCUT2D eigenvalue weighted by Gasteiger charge is -2.53. The third-order valence-electron chi connectivity index (χ3n) is 6.36. The Balaban J connectivity index is 0.00000132. The number of aliphatic hydroxyl groups excluding tert-OH is 1. The lowest BCUT2D eigenvalue weighted by molar-refractivity contribution is -0.147. The minimum atomic E-state index is -0.751. The average Bonchev–Trinajstić information content (AvgIpc) is 2.71. The van der Waals surface area contributed by atoms with E-state index in [1.165, 1.54) is 11.1 Å². The number of benzene rings is 1. The maximum Gasteiger partial charge on any atom is 0.0794 e. The van der Waals surface area contributed by atoms with E-state index < -0.39 is 5.60 Å². The van der Waals surface area contributed by atoms with Crippen LogP contribution in [0.5, 0.6) is 0 Å². The van der Waals surface area contributed by atoms with Gasteiger partial charge in [-0.2, -0.15) is 0 Å². The minimum Gasteiger partial charge on any atom is -0.412 e. The molecule has 0 aromatic heterocycles. The van der Waals surface area contributed by atoms with E-state index in [1.807, 2.05) is 0 Å². The molecule has 3 aliphatic rings. The summed E-state index contributed by atoms with van der Waals surface area (Å²) in [6, 6.07) is 8.53. The van der Waals surface area contributed by atoms with Crippen LogP contribution >= 0.6 is 0 Å². The maximum atomic E-state index is 11.4. The quantitative estimate of drug-likeness (QED) is 0.768. The Bertz CT molecular complexity index is 582. The first-order valence-electron chi connectivity index (χ1n) is 7.74. The van der Waals surface area contributed by atoms with E-state index in [0.29, 0.717) is 5.92 Å². The molecule has 5 atom stereocenters. The van der Waals surface area contributed by atoms with Gasteiger partial charge >= 0.3 is 0 Å². The van der Waals surface area contributed by atoms with Crippen molar-refractivity contribution >= 4 is 6.08 Å². The summed E-state index contributed by atoms with van der Waals surface area (Å²) in [4.78, 5) is 0. The summed E-state index contributed by atoms with van der Waals surface area (Å²) in [5.41, 5.74) is 1.57. The Morgan fingerprint density at radius 3 is 2.71 bits per heavy atom. The fourth-order valence-electron chi connectivity index (χ4n) is 5.00. The van der Waals surface area contributed by atoms with E-state index in [9.17, 15) is 10.2 Å². The summed E-state index contributed by atoms with van der Waals surface area (Å²) in [6.45, 7) is 2.08. The van der Waals surface area contributed by atoms with Gasteiger partial charge in [0.2, 0.25) is 0 Å². The maximum absolute atomic E-state index is 11.4. The number of rotatable bonds is 0. The van der Waals surface area contributed by atoms with Gasteiger partial charge in [-0.1, -0.05) is 43.3 Å². The van der Waals surface area contributed by atoms with Crippen LogP contribution in [0.4, 0.5) is 0 Å². The van der Waals surface area contributed by atoms with Crippen LogP contribution in [0.2, 0.25) is 0 Å². The second-order valence-corrected chi connectivity index (χ2v) is 7.06. The standard InChI is InChI=1S/C18H22O2.H2O/c1-17-10-8-14-13-5-3-2-4-12(13)6-7-15(14)18(17,20)11-9-16(17)19;/h2-7,14-16,19-20H,8-11H2,1H3;1H2/t14-,15+,16+,17+,18-;/m1./s1. The predicted octanol–water partition coefficient (Wildman–Crippen LogP) is 2.27. The summed E-state index contributed by atoms with van der Waals surface area (Å²) >= 11 is 0. The number of hydrogen-bond donors (Lipinski definition) is 2. The average molecular weight is 288 g/mol. The minimum absolute atomic E-state index is 0. The summed E-state index contributed by atoms with van der Waals surface area (Å²) < 4.78 is 0. The van der Waals surface area contributed by atoms with Gasteiger partial charge in [-0.05, 0) is 42.7 Å². The highest BCUT2D eigenvalue weighted by Crippen LogP contribution is 2.62. The molecule has 0 radical (unpaired) electrons. The van der Waals surface area contributed by atoms with E-state index in [1.54, 1.807) is 0 Å². The molecule has 0 unspecified atom stereocenters. The van der Waals surface area contributed by atoms with Crippen LogP contribution < -0.4 is 0 Å². The molecule has 3 heteroatoms. The molecule has 1 aromatic rings. The largest absolute Gasteiger partial charge is 0.412 e. The Kier molecular flexibility index (Phi) is 3.28. The van der Waals surface area contributed by atoms with Crippen LogP contribution in [0.25, 0.3) is 6.08 Å². The molecule has 4 N–H and O–H groups in total. The van der Waals surface area contributed by atoms with Crippen molar-refractivity contribution in [3.05, 3.63) is 41.5 Å². The fraction of sp³-hybridized carbons (Fsp3) is 0.556. The first-order valence-corrected chi connectivity index (χ1v) is 7.74. The van der Waals surface area contributed by atoms with Crippen LogP contribution in [0.3, 0.4) is 0 Å². The van der Waals surface area contributed by atoms with Crippen LogP contribution in [0.1, 0.15) is 49.7 Å². The molecule has 4 rings (SSSR count). The van der Waals surface area contributed by atoms with E-state index in [-0.39, 0.29) is 22.9 Å². The molecule has 3 aliphatic carbocycles. The first kappa shape index (κ1) is 14.8. The van der Waals surface area contributed by atoms with E-state index in [0.717, 1.165) is 25.7 Å². The zero-order valence-electron chi connectivity index (χ0n) is 12.4. The Hall–Kier alpha value is -1.16. The lowest BCUT2D eigenvalue weighted by atomic mass is 9.54. The molecule has 2 fully saturated rings. The molecule has 0 heterocycles. The van der Waals surface area contributed by atoms with Crippen molar-refractivity contribution in [1.82, 2.24) is 0 Å². The number of aliphatic hydroxyl groups is 2. The Morgan fingerprint density at radius 1 is 1.14 bits per heavy atom. The van der Waals surface area contributed by atoms with Crippen molar-refractivity contribution in [1.29, 1.82) is 0 Å². The van der Waals surface area contributed by atoms with Crippen LogP contribution in [0.15, 0.2) is 30.3 Å². The van der Waals surface area contributed by atoms with Gasteiger partial charge in [-0.25, -0.2) is 0 Å². The highest BCUT2D eigenvalue weighted by molar-refractivity contribution is 5.59. The normalized spacial score (nSPS) is 43.5. The first-order chi connectivity index (χ1) is 9.56. The van der Waals surface area contributed by atoms with Crippen molar-refractivity contribution < 1.29 is 15.7 Å². The second-order valence-electron chi connectivity index (χ2n) is 7.06. The van der Waals surface area contributed by atoms with Gasteiger partial charge in [0.1, 0.15) is 0 Å². The predicted molar refractivity (Wildman–Crippen MR) is 82.9 cm³/mol. The molecule has 0 amide bonds. The number of hydrogen-bond acceptors (Lipinski definition) is 2. The second kappa shape index (κ2) is 4.67. The zero-order valence-corrected chi connectivity index (χ0v) is 12.4. The van der Waals surface area contributed by atoms with Gasteiger partial charge in [0, 0.05) is 11.3 Å². The molecule has 0 aliphatic heterocycles. The zero-order chi connectivity index (χ0) is 14.0. The van der Waals surface area contributed by atoms with Crippen molar-refractivity contribution in [2.75, 3.05) is 0 Å². The fourth-order valence-corrected chi connectivity index (χ4v) is 5.00. The van der Waals surface area contributed by atoms with Gasteiger partial charge in [-0.3, -0.25) is 0 Å². The smallest absolute Gasteiger partial charge is 0.0794 e. The molecule has 3 nitrogen and oxygen atoms in total. The molecule has 1 aromatic carbocycles. The molecule has 21 heavy (non-hydrogen) atoms. The van der Waals surface area contributed by atoms with Crippen LogP contribution in [-0.2, 0) is 0 Å².